The number of carbonyl (C=O) groups is 3. The van der Waals surface area contributed by atoms with Crippen molar-refractivity contribution in [2.75, 3.05) is 7.11 Å². The minimum atomic E-state index is -1.17. The van der Waals surface area contributed by atoms with E-state index in [1.807, 2.05) is 0 Å². The van der Waals surface area contributed by atoms with Crippen LogP contribution in [0.1, 0.15) is 30.1 Å². The Bertz CT molecular complexity index is 560. The number of nitrogens with one attached hydrogen (secondary N) is 1. The summed E-state index contributed by atoms with van der Waals surface area (Å²) in [6.07, 6.45) is 0.148. The highest BCUT2D eigenvalue weighted by atomic mass is 19.2. The Hall–Kier alpha value is -2.31. The van der Waals surface area contributed by atoms with Crippen molar-refractivity contribution in [2.24, 2.45) is 0 Å². The van der Waals surface area contributed by atoms with Crippen molar-refractivity contribution < 1.29 is 27.9 Å². The first kappa shape index (κ1) is 16.7. The maximum atomic E-state index is 13.1. The highest BCUT2D eigenvalue weighted by molar-refractivity contribution is 5.96. The van der Waals surface area contributed by atoms with Gasteiger partial charge in [-0.2, -0.15) is 0 Å². The molecule has 1 N–H and O–H groups in total. The molecule has 0 aliphatic heterocycles. The molecule has 0 aromatic heterocycles. The second kappa shape index (κ2) is 7.47. The average Bonchev–Trinajstić information content (AvgIpc) is 2.44. The molecule has 1 atom stereocenters. The monoisotopic (exact) mass is 299 g/mol. The molecule has 1 rings (SSSR count). The fourth-order valence-electron chi connectivity index (χ4n) is 1.62. The van der Waals surface area contributed by atoms with Crippen molar-refractivity contribution in [1.29, 1.82) is 0 Å². The van der Waals surface area contributed by atoms with Crippen molar-refractivity contribution in [3.63, 3.8) is 0 Å². The van der Waals surface area contributed by atoms with Crippen LogP contribution in [0.2, 0.25) is 0 Å². The Morgan fingerprint density at radius 1 is 1.24 bits per heavy atom. The van der Waals surface area contributed by atoms with Gasteiger partial charge < -0.3 is 14.8 Å². The molecule has 0 aliphatic carbocycles. The van der Waals surface area contributed by atoms with Gasteiger partial charge in [-0.3, -0.25) is 4.79 Å². The lowest BCUT2D eigenvalue weighted by atomic mass is 10.1. The number of hydrogen-bond donors (Lipinski definition) is 1. The molecule has 0 bridgehead atoms. The van der Waals surface area contributed by atoms with Gasteiger partial charge in [-0.1, -0.05) is 0 Å². The van der Waals surface area contributed by atoms with Gasteiger partial charge in [0.1, 0.15) is 11.8 Å². The molecule has 5 nitrogen and oxygen atoms in total. The van der Waals surface area contributed by atoms with E-state index in [1.54, 1.807) is 0 Å². The molecule has 1 aromatic carbocycles. The van der Waals surface area contributed by atoms with Gasteiger partial charge in [0, 0.05) is 12.0 Å². The van der Waals surface area contributed by atoms with Crippen LogP contribution in [-0.2, 0) is 14.3 Å². The first-order valence-corrected chi connectivity index (χ1v) is 6.18. The van der Waals surface area contributed by atoms with E-state index in [0.717, 1.165) is 25.3 Å². The van der Waals surface area contributed by atoms with Gasteiger partial charge in [0.2, 0.25) is 0 Å². The molecular formula is C14H15F2NO4. The average molecular weight is 299 g/mol. The van der Waals surface area contributed by atoms with Crippen LogP contribution < -0.4 is 5.32 Å². The second-order valence-corrected chi connectivity index (χ2v) is 4.42. The van der Waals surface area contributed by atoms with Gasteiger partial charge in [-0.25, -0.2) is 13.6 Å². The van der Waals surface area contributed by atoms with Crippen LogP contribution in [0.15, 0.2) is 18.2 Å². The zero-order valence-electron chi connectivity index (χ0n) is 11.6. The van der Waals surface area contributed by atoms with Crippen LogP contribution in [0.3, 0.4) is 0 Å². The number of ketones is 1. The van der Waals surface area contributed by atoms with Crippen molar-refractivity contribution in [2.45, 2.75) is 25.8 Å². The van der Waals surface area contributed by atoms with Gasteiger partial charge in [0.05, 0.1) is 7.11 Å². The highest BCUT2D eigenvalue weighted by Crippen LogP contribution is 2.10. The number of esters is 1. The number of ether oxygens (including phenoxy) is 1. The summed E-state index contributed by atoms with van der Waals surface area (Å²) in [5.41, 5.74) is -0.134. The molecule has 0 spiro atoms. The number of Topliss-reactive ketones (excluding diaryl/α,β-unsaturated/α-hetero) is 1. The molecule has 0 radical (unpaired) electrons. The number of rotatable bonds is 6. The Morgan fingerprint density at radius 3 is 2.43 bits per heavy atom. The van der Waals surface area contributed by atoms with Gasteiger partial charge in [0.25, 0.3) is 5.91 Å². The summed E-state index contributed by atoms with van der Waals surface area (Å²) in [7, 11) is 1.15. The van der Waals surface area contributed by atoms with E-state index in [-0.39, 0.29) is 24.2 Å². The summed E-state index contributed by atoms with van der Waals surface area (Å²) in [5.74, 6) is -3.86. The van der Waals surface area contributed by atoms with E-state index in [4.69, 9.17) is 0 Å². The predicted molar refractivity (Wildman–Crippen MR) is 69.5 cm³/mol. The number of hydrogen-bond acceptors (Lipinski definition) is 4. The minimum absolute atomic E-state index is 0.0669. The first-order chi connectivity index (χ1) is 9.85. The van der Waals surface area contributed by atoms with Crippen molar-refractivity contribution in [1.82, 2.24) is 5.32 Å². The van der Waals surface area contributed by atoms with E-state index in [0.29, 0.717) is 0 Å². The van der Waals surface area contributed by atoms with Crippen LogP contribution in [0.25, 0.3) is 0 Å². The summed E-state index contributed by atoms with van der Waals surface area (Å²) < 4.78 is 30.4. The van der Waals surface area contributed by atoms with Crippen molar-refractivity contribution in [3.05, 3.63) is 35.4 Å². The molecule has 0 saturated heterocycles. The molecule has 114 valence electrons. The van der Waals surface area contributed by atoms with Gasteiger partial charge in [-0.05, 0) is 31.5 Å². The van der Waals surface area contributed by atoms with Crippen LogP contribution in [-0.4, -0.2) is 30.8 Å². The summed E-state index contributed by atoms with van der Waals surface area (Å²) >= 11 is 0. The zero-order chi connectivity index (χ0) is 16.0. The molecular weight excluding hydrogens is 284 g/mol. The molecule has 1 aromatic rings. The molecule has 0 heterocycles. The third kappa shape index (κ3) is 4.94. The van der Waals surface area contributed by atoms with Crippen LogP contribution in [0, 0.1) is 11.6 Å². The van der Waals surface area contributed by atoms with E-state index >= 15 is 0 Å². The summed E-state index contributed by atoms with van der Waals surface area (Å²) in [4.78, 5) is 34.4. The number of benzene rings is 1. The minimum Gasteiger partial charge on any atom is -0.467 e. The molecule has 0 saturated carbocycles. The van der Waals surface area contributed by atoms with Crippen LogP contribution in [0.5, 0.6) is 0 Å². The number of methoxy groups -OCH3 is 1. The quantitative estimate of drug-likeness (QED) is 0.810. The molecule has 0 unspecified atom stereocenters. The predicted octanol–water partition coefficient (Wildman–Crippen LogP) is 1.61. The lowest BCUT2D eigenvalue weighted by Crippen LogP contribution is -2.41. The Balaban J connectivity index is 2.81. The fourth-order valence-corrected chi connectivity index (χ4v) is 1.62. The summed E-state index contributed by atoms with van der Waals surface area (Å²) in [6.45, 7) is 1.35. The lowest BCUT2D eigenvalue weighted by molar-refractivity contribution is -0.143. The van der Waals surface area contributed by atoms with Crippen molar-refractivity contribution in [3.8, 4) is 0 Å². The van der Waals surface area contributed by atoms with Gasteiger partial charge >= 0.3 is 5.97 Å². The van der Waals surface area contributed by atoms with E-state index in [9.17, 15) is 23.2 Å². The lowest BCUT2D eigenvalue weighted by Gasteiger charge is -2.16. The molecule has 0 aliphatic rings. The zero-order valence-corrected chi connectivity index (χ0v) is 11.6. The second-order valence-electron chi connectivity index (χ2n) is 4.42. The van der Waals surface area contributed by atoms with Crippen LogP contribution in [0.4, 0.5) is 8.78 Å². The maximum Gasteiger partial charge on any atom is 0.328 e. The number of carbonyl (C=O) groups excluding carboxylic acids is 3. The number of halogens is 2. The van der Waals surface area contributed by atoms with E-state index < -0.39 is 29.6 Å². The third-order valence-corrected chi connectivity index (χ3v) is 2.76. The van der Waals surface area contributed by atoms with Gasteiger partial charge in [-0.15, -0.1) is 0 Å². The molecule has 1 amide bonds. The summed E-state index contributed by atoms with van der Waals surface area (Å²) in [6, 6.07) is 1.60. The molecule has 0 fully saturated rings. The Labute approximate surface area is 120 Å². The smallest absolute Gasteiger partial charge is 0.328 e. The molecule has 7 heteroatoms. The fraction of sp³-hybridized carbons (Fsp3) is 0.357. The Morgan fingerprint density at radius 2 is 1.90 bits per heavy atom. The van der Waals surface area contributed by atoms with E-state index in [2.05, 4.69) is 10.1 Å². The normalized spacial score (nSPS) is 11.6. The summed E-state index contributed by atoms with van der Waals surface area (Å²) in [5, 5.41) is 2.33. The maximum absolute atomic E-state index is 13.1. The van der Waals surface area contributed by atoms with E-state index in [1.165, 1.54) is 6.92 Å². The SMILES string of the molecule is COC(=O)[C@H](CCC(C)=O)NC(=O)c1ccc(F)c(F)c1. The van der Waals surface area contributed by atoms with Crippen LogP contribution >= 0.6 is 0 Å². The largest absolute Gasteiger partial charge is 0.467 e. The topological polar surface area (TPSA) is 72.5 Å². The standard InChI is InChI=1S/C14H15F2NO4/c1-8(18)3-6-12(14(20)21-2)17-13(19)9-4-5-10(15)11(16)7-9/h4-5,7,12H,3,6H2,1-2H3,(H,17,19)/t12-/m0/s1. The Kier molecular flexibility index (Phi) is 5.95. The third-order valence-electron chi connectivity index (χ3n) is 2.76. The molecule has 21 heavy (non-hydrogen) atoms. The van der Waals surface area contributed by atoms with Crippen molar-refractivity contribution >= 4 is 17.7 Å². The highest BCUT2D eigenvalue weighted by Gasteiger charge is 2.22. The van der Waals surface area contributed by atoms with Gasteiger partial charge in [0.15, 0.2) is 11.6 Å². The first-order valence-electron chi connectivity index (χ1n) is 6.18. The number of amides is 1.